The average molecular weight is 403 g/mol. The maximum absolute atomic E-state index is 12.1. The topological polar surface area (TPSA) is 92.2 Å². The number of ether oxygens (including phenoxy) is 2. The zero-order valence-electron chi connectivity index (χ0n) is 13.7. The Hall–Kier alpha value is -2.59. The number of rotatable bonds is 3. The largest absolute Gasteiger partial charge is 0.483 e. The summed E-state index contributed by atoms with van der Waals surface area (Å²) in [4.78, 5) is 26.8. The van der Waals surface area contributed by atoms with Crippen molar-refractivity contribution in [1.82, 2.24) is 4.98 Å². The summed E-state index contributed by atoms with van der Waals surface area (Å²) in [5.41, 5.74) is 2.35. The molecule has 1 aromatic heterocycles. The van der Waals surface area contributed by atoms with Crippen LogP contribution >= 0.6 is 15.9 Å². The van der Waals surface area contributed by atoms with Gasteiger partial charge in [0, 0.05) is 11.1 Å². The highest BCUT2D eigenvalue weighted by atomic mass is 79.9. The lowest BCUT2D eigenvalue weighted by Crippen LogP contribution is -2.23. The molecule has 0 aliphatic carbocycles. The molecule has 2 heterocycles. The molecule has 1 aromatic carbocycles. The van der Waals surface area contributed by atoms with Crippen molar-refractivity contribution in [2.45, 2.75) is 26.4 Å². The Labute approximate surface area is 152 Å². The lowest BCUT2D eigenvalue weighted by atomic mass is 9.94. The van der Waals surface area contributed by atoms with Crippen molar-refractivity contribution in [1.29, 1.82) is 5.26 Å². The second kappa shape index (κ2) is 6.73. The summed E-state index contributed by atoms with van der Waals surface area (Å²) in [6, 6.07) is 7.14. The Morgan fingerprint density at radius 1 is 1.44 bits per heavy atom. The van der Waals surface area contributed by atoms with Crippen LogP contribution in [0.2, 0.25) is 0 Å². The number of halogens is 1. The lowest BCUT2D eigenvalue weighted by Gasteiger charge is -2.29. The van der Waals surface area contributed by atoms with Gasteiger partial charge in [-0.2, -0.15) is 5.26 Å². The fraction of sp³-hybridized carbons (Fsp3) is 0.278. The van der Waals surface area contributed by atoms with Crippen LogP contribution in [0.1, 0.15) is 36.1 Å². The Bertz CT molecular complexity index is 959. The Morgan fingerprint density at radius 3 is 2.88 bits per heavy atom. The third kappa shape index (κ3) is 3.17. The number of pyridine rings is 1. The molecule has 3 rings (SSSR count). The minimum absolute atomic E-state index is 0.0164. The van der Waals surface area contributed by atoms with E-state index in [1.165, 1.54) is 6.07 Å². The summed E-state index contributed by atoms with van der Waals surface area (Å²) in [6.07, 6.45) is -0.665. The van der Waals surface area contributed by atoms with Crippen molar-refractivity contribution in [2.75, 3.05) is 6.61 Å². The molecule has 0 amide bonds. The van der Waals surface area contributed by atoms with Crippen LogP contribution in [-0.4, -0.2) is 17.6 Å². The number of esters is 1. The van der Waals surface area contributed by atoms with Crippen molar-refractivity contribution in [3.63, 3.8) is 0 Å². The molecule has 25 heavy (non-hydrogen) atoms. The van der Waals surface area contributed by atoms with Gasteiger partial charge in [0.25, 0.3) is 5.56 Å². The fourth-order valence-electron chi connectivity index (χ4n) is 2.87. The van der Waals surface area contributed by atoms with E-state index < -0.39 is 17.6 Å². The van der Waals surface area contributed by atoms with E-state index in [9.17, 15) is 9.59 Å². The Kier molecular flexibility index (Phi) is 4.64. The third-order valence-electron chi connectivity index (χ3n) is 3.91. The first-order chi connectivity index (χ1) is 11.9. The molecule has 0 saturated carbocycles. The lowest BCUT2D eigenvalue weighted by molar-refractivity contribution is -0.145. The summed E-state index contributed by atoms with van der Waals surface area (Å²) in [7, 11) is 0. The van der Waals surface area contributed by atoms with Gasteiger partial charge in [0.1, 0.15) is 23.5 Å². The van der Waals surface area contributed by atoms with Crippen molar-refractivity contribution in [2.24, 2.45) is 0 Å². The highest BCUT2D eigenvalue weighted by molar-refractivity contribution is 9.10. The van der Waals surface area contributed by atoms with E-state index in [-0.39, 0.29) is 18.6 Å². The van der Waals surface area contributed by atoms with Gasteiger partial charge in [-0.1, -0.05) is 0 Å². The van der Waals surface area contributed by atoms with Gasteiger partial charge in [0.05, 0.1) is 23.2 Å². The molecule has 128 valence electrons. The number of aromatic amines is 1. The number of hydrogen-bond acceptors (Lipinski definition) is 5. The highest BCUT2D eigenvalue weighted by Gasteiger charge is 2.31. The van der Waals surface area contributed by atoms with Crippen molar-refractivity contribution < 1.29 is 14.3 Å². The number of aryl methyl sites for hydroxylation is 1. The second-order valence-corrected chi connectivity index (χ2v) is 6.55. The molecule has 7 heteroatoms. The predicted octanol–water partition coefficient (Wildman–Crippen LogP) is 3.37. The fourth-order valence-corrected chi connectivity index (χ4v) is 3.54. The number of benzene rings is 1. The number of carbonyl (C=O) groups excluding carboxylic acids is 1. The van der Waals surface area contributed by atoms with Crippen LogP contribution in [0, 0.1) is 18.3 Å². The number of nitriles is 1. The molecular formula is C18H15BrN2O4. The smallest absolute Gasteiger partial charge is 0.309 e. The van der Waals surface area contributed by atoms with Gasteiger partial charge in [-0.15, -0.1) is 0 Å². The standard InChI is InChI=1S/C18H15BrN2O4/c1-3-24-15(22)7-14-11-6-10(8-20)18(23)21-16(11)12-4-9(2)5-13(19)17(12)25-14/h4-6,14H,3,7H2,1-2H3,(H,21,23). The van der Waals surface area contributed by atoms with Crippen LogP contribution in [-0.2, 0) is 9.53 Å². The third-order valence-corrected chi connectivity index (χ3v) is 4.50. The number of fused-ring (bicyclic) bond motifs is 3. The molecule has 0 fully saturated rings. The second-order valence-electron chi connectivity index (χ2n) is 5.69. The molecule has 1 N–H and O–H groups in total. The number of H-pyrrole nitrogens is 1. The quantitative estimate of drug-likeness (QED) is 0.794. The first-order valence-corrected chi connectivity index (χ1v) is 8.54. The highest BCUT2D eigenvalue weighted by Crippen LogP contribution is 2.46. The minimum Gasteiger partial charge on any atom is -0.483 e. The van der Waals surface area contributed by atoms with Gasteiger partial charge in [0.15, 0.2) is 0 Å². The molecule has 0 radical (unpaired) electrons. The molecule has 1 unspecified atom stereocenters. The first-order valence-electron chi connectivity index (χ1n) is 7.74. The maximum atomic E-state index is 12.1. The average Bonchev–Trinajstić information content (AvgIpc) is 2.55. The normalized spacial score (nSPS) is 14.7. The van der Waals surface area contributed by atoms with Gasteiger partial charge in [-0.05, 0) is 53.5 Å². The molecule has 0 saturated heterocycles. The number of nitrogens with zero attached hydrogens (tertiary/aromatic N) is 1. The van der Waals surface area contributed by atoms with E-state index >= 15 is 0 Å². The van der Waals surface area contributed by atoms with Crippen LogP contribution in [0.15, 0.2) is 27.5 Å². The van der Waals surface area contributed by atoms with Crippen molar-refractivity contribution in [3.8, 4) is 23.1 Å². The number of carbonyl (C=O) groups is 1. The first kappa shape index (κ1) is 17.2. The summed E-state index contributed by atoms with van der Waals surface area (Å²) in [6.45, 7) is 3.93. The summed E-state index contributed by atoms with van der Waals surface area (Å²) >= 11 is 3.47. The molecule has 1 aliphatic rings. The van der Waals surface area contributed by atoms with Crippen LogP contribution in [0.4, 0.5) is 0 Å². The van der Waals surface area contributed by atoms with E-state index in [1.807, 2.05) is 25.1 Å². The molecule has 0 spiro atoms. The SMILES string of the molecule is CCOC(=O)CC1Oc2c(Br)cc(C)cc2-c2[nH]c(=O)c(C#N)cc21. The van der Waals surface area contributed by atoms with E-state index in [2.05, 4.69) is 20.9 Å². The molecular weight excluding hydrogens is 388 g/mol. The van der Waals surface area contributed by atoms with Gasteiger partial charge >= 0.3 is 5.97 Å². The number of nitrogens with one attached hydrogen (secondary N) is 1. The Morgan fingerprint density at radius 2 is 2.20 bits per heavy atom. The van der Waals surface area contributed by atoms with Gasteiger partial charge in [0.2, 0.25) is 0 Å². The predicted molar refractivity (Wildman–Crippen MR) is 94.3 cm³/mol. The maximum Gasteiger partial charge on any atom is 0.309 e. The van der Waals surface area contributed by atoms with E-state index in [4.69, 9.17) is 14.7 Å². The van der Waals surface area contributed by atoms with E-state index in [0.717, 1.165) is 10.0 Å². The van der Waals surface area contributed by atoms with Crippen LogP contribution in [0.25, 0.3) is 11.3 Å². The Balaban J connectivity index is 2.19. The van der Waals surface area contributed by atoms with Gasteiger partial charge in [-0.25, -0.2) is 0 Å². The van der Waals surface area contributed by atoms with Crippen molar-refractivity contribution >= 4 is 21.9 Å². The molecule has 0 bridgehead atoms. The zero-order chi connectivity index (χ0) is 18.1. The molecule has 1 aliphatic heterocycles. The van der Waals surface area contributed by atoms with Crippen LogP contribution < -0.4 is 10.3 Å². The summed E-state index contributed by atoms with van der Waals surface area (Å²) in [5, 5.41) is 9.15. The summed E-state index contributed by atoms with van der Waals surface area (Å²) < 4.78 is 11.8. The van der Waals surface area contributed by atoms with E-state index in [0.29, 0.717) is 22.6 Å². The zero-order valence-corrected chi connectivity index (χ0v) is 15.3. The molecule has 6 nitrogen and oxygen atoms in total. The molecule has 1 atom stereocenters. The van der Waals surface area contributed by atoms with E-state index in [1.54, 1.807) is 6.92 Å². The minimum atomic E-state index is -0.649. The van der Waals surface area contributed by atoms with Crippen LogP contribution in [0.5, 0.6) is 5.75 Å². The van der Waals surface area contributed by atoms with Crippen LogP contribution in [0.3, 0.4) is 0 Å². The number of hydrogen-bond donors (Lipinski definition) is 1. The van der Waals surface area contributed by atoms with Gasteiger partial charge in [-0.3, -0.25) is 9.59 Å². The monoisotopic (exact) mass is 402 g/mol. The van der Waals surface area contributed by atoms with Crippen molar-refractivity contribution in [3.05, 3.63) is 49.7 Å². The van der Waals surface area contributed by atoms with Gasteiger partial charge < -0.3 is 14.5 Å². The summed E-state index contributed by atoms with van der Waals surface area (Å²) in [5.74, 6) is 0.141. The molecule has 2 aromatic rings. The number of aromatic nitrogens is 1.